The fourth-order valence-electron chi connectivity index (χ4n) is 3.50. The fraction of sp³-hybridized carbons (Fsp3) is 0.533. The molecule has 1 aliphatic carbocycles. The van der Waals surface area contributed by atoms with E-state index < -0.39 is 0 Å². The van der Waals surface area contributed by atoms with Gasteiger partial charge in [0.1, 0.15) is 6.54 Å². The molecule has 0 radical (unpaired) electrons. The summed E-state index contributed by atoms with van der Waals surface area (Å²) >= 11 is 0. The van der Waals surface area contributed by atoms with Crippen molar-refractivity contribution < 1.29 is 4.79 Å². The minimum absolute atomic E-state index is 0.0848. The van der Waals surface area contributed by atoms with Gasteiger partial charge in [-0.2, -0.15) is 5.10 Å². The van der Waals surface area contributed by atoms with E-state index in [2.05, 4.69) is 10.1 Å². The molecule has 3 heterocycles. The van der Waals surface area contributed by atoms with Crippen molar-refractivity contribution in [3.63, 3.8) is 0 Å². The molecule has 110 valence electrons. The van der Waals surface area contributed by atoms with Gasteiger partial charge in [-0.15, -0.1) is 0 Å². The maximum atomic E-state index is 12.5. The second-order valence-electron chi connectivity index (χ2n) is 6.47. The first-order valence-electron chi connectivity index (χ1n) is 7.40. The summed E-state index contributed by atoms with van der Waals surface area (Å²) in [6, 6.07) is 2.03. The van der Waals surface area contributed by atoms with Gasteiger partial charge < -0.3 is 10.6 Å². The van der Waals surface area contributed by atoms with E-state index in [0.29, 0.717) is 12.5 Å². The number of aryl methyl sites for hydroxylation is 1. The molecule has 2 aromatic rings. The molecule has 1 saturated heterocycles. The van der Waals surface area contributed by atoms with Crippen LogP contribution in [-0.4, -0.2) is 44.2 Å². The van der Waals surface area contributed by atoms with Crippen molar-refractivity contribution in [2.24, 2.45) is 11.7 Å². The van der Waals surface area contributed by atoms with Gasteiger partial charge in [0.25, 0.3) is 0 Å². The molecule has 4 rings (SSSR count). The number of carbonyl (C=O) groups is 1. The van der Waals surface area contributed by atoms with E-state index in [1.54, 1.807) is 17.1 Å². The van der Waals surface area contributed by atoms with Crippen molar-refractivity contribution in [1.82, 2.24) is 19.7 Å². The van der Waals surface area contributed by atoms with Crippen molar-refractivity contribution in [1.29, 1.82) is 0 Å². The summed E-state index contributed by atoms with van der Waals surface area (Å²) in [7, 11) is 0. The van der Waals surface area contributed by atoms with Crippen LogP contribution in [0.25, 0.3) is 11.0 Å². The maximum Gasteiger partial charge on any atom is 0.244 e. The number of hydrogen-bond acceptors (Lipinski definition) is 4. The average molecular weight is 285 g/mol. The largest absolute Gasteiger partial charge is 0.339 e. The van der Waals surface area contributed by atoms with Crippen molar-refractivity contribution >= 4 is 16.9 Å². The lowest BCUT2D eigenvalue weighted by Gasteiger charge is -2.39. The lowest BCUT2D eigenvalue weighted by Crippen LogP contribution is -2.54. The molecule has 2 aromatic heterocycles. The van der Waals surface area contributed by atoms with Gasteiger partial charge in [-0.3, -0.25) is 4.79 Å². The Morgan fingerprint density at radius 2 is 2.38 bits per heavy atom. The summed E-state index contributed by atoms with van der Waals surface area (Å²) in [4.78, 5) is 18.7. The number of pyridine rings is 1. The van der Waals surface area contributed by atoms with Crippen LogP contribution in [0.1, 0.15) is 18.4 Å². The van der Waals surface area contributed by atoms with Crippen LogP contribution in [0.4, 0.5) is 0 Å². The summed E-state index contributed by atoms with van der Waals surface area (Å²) in [5, 5.41) is 5.27. The van der Waals surface area contributed by atoms with Gasteiger partial charge >= 0.3 is 0 Å². The molecular formula is C15H19N5O. The predicted octanol–water partition coefficient (Wildman–Crippen LogP) is 0.689. The minimum atomic E-state index is -0.128. The van der Waals surface area contributed by atoms with Crippen LogP contribution in [0.3, 0.4) is 0 Å². The number of amides is 1. The van der Waals surface area contributed by atoms with Crippen LogP contribution < -0.4 is 5.73 Å². The van der Waals surface area contributed by atoms with Crippen molar-refractivity contribution in [3.05, 3.63) is 24.0 Å². The SMILES string of the molecule is Cc1cnc2c(cnn2CC(=O)N2C[C@@H]3CC[C@]3(N)C2)c1. The Hall–Kier alpha value is -1.95. The number of hydrogen-bond donors (Lipinski definition) is 1. The molecule has 0 spiro atoms. The van der Waals surface area contributed by atoms with E-state index in [4.69, 9.17) is 5.73 Å². The number of carbonyl (C=O) groups excluding carboxylic acids is 1. The summed E-state index contributed by atoms with van der Waals surface area (Å²) in [5.74, 6) is 0.568. The normalized spacial score (nSPS) is 27.7. The van der Waals surface area contributed by atoms with Crippen molar-refractivity contribution in [3.8, 4) is 0 Å². The van der Waals surface area contributed by atoms with Crippen LogP contribution in [0.15, 0.2) is 18.5 Å². The Bertz CT molecular complexity index is 724. The maximum absolute atomic E-state index is 12.5. The third-order valence-electron chi connectivity index (χ3n) is 4.95. The molecule has 0 aromatic carbocycles. The number of nitrogens with two attached hydrogens (primary N) is 1. The molecule has 21 heavy (non-hydrogen) atoms. The number of likely N-dealkylation sites (tertiary alicyclic amines) is 1. The van der Waals surface area contributed by atoms with E-state index in [1.807, 2.05) is 17.9 Å². The Morgan fingerprint density at radius 1 is 1.52 bits per heavy atom. The second kappa shape index (κ2) is 4.27. The van der Waals surface area contributed by atoms with Gasteiger partial charge in [0.05, 0.1) is 6.20 Å². The third-order valence-corrected chi connectivity index (χ3v) is 4.95. The topological polar surface area (TPSA) is 77.0 Å². The monoisotopic (exact) mass is 285 g/mol. The Kier molecular flexibility index (Phi) is 2.60. The lowest BCUT2D eigenvalue weighted by molar-refractivity contribution is -0.131. The summed E-state index contributed by atoms with van der Waals surface area (Å²) in [5.41, 5.74) is 8.02. The molecule has 1 amide bonds. The van der Waals surface area contributed by atoms with Gasteiger partial charge in [0.2, 0.25) is 5.91 Å². The lowest BCUT2D eigenvalue weighted by atomic mass is 9.70. The highest BCUT2D eigenvalue weighted by molar-refractivity contribution is 5.80. The molecule has 0 unspecified atom stereocenters. The Balaban J connectivity index is 1.53. The molecule has 6 heteroatoms. The molecule has 6 nitrogen and oxygen atoms in total. The first-order chi connectivity index (χ1) is 10.0. The number of aromatic nitrogens is 3. The predicted molar refractivity (Wildman–Crippen MR) is 78.5 cm³/mol. The zero-order valence-corrected chi connectivity index (χ0v) is 12.1. The number of nitrogens with zero attached hydrogens (tertiary/aromatic N) is 4. The second-order valence-corrected chi connectivity index (χ2v) is 6.47. The molecule has 2 N–H and O–H groups in total. The molecule has 2 aliphatic rings. The molecule has 2 atom stereocenters. The van der Waals surface area contributed by atoms with Gasteiger partial charge in [-0.25, -0.2) is 9.67 Å². The van der Waals surface area contributed by atoms with Gasteiger partial charge in [-0.1, -0.05) is 0 Å². The van der Waals surface area contributed by atoms with E-state index in [9.17, 15) is 4.79 Å². The van der Waals surface area contributed by atoms with E-state index in [0.717, 1.165) is 36.0 Å². The van der Waals surface area contributed by atoms with Gasteiger partial charge in [0, 0.05) is 30.2 Å². The van der Waals surface area contributed by atoms with E-state index >= 15 is 0 Å². The molecule has 2 fully saturated rings. The van der Waals surface area contributed by atoms with E-state index in [1.165, 1.54) is 0 Å². The first-order valence-corrected chi connectivity index (χ1v) is 7.40. The number of rotatable bonds is 2. The minimum Gasteiger partial charge on any atom is -0.339 e. The van der Waals surface area contributed by atoms with Gasteiger partial charge in [-0.05, 0) is 37.3 Å². The van der Waals surface area contributed by atoms with Crippen molar-refractivity contribution in [2.75, 3.05) is 13.1 Å². The van der Waals surface area contributed by atoms with Gasteiger partial charge in [0.15, 0.2) is 5.65 Å². The standard InChI is InChI=1S/C15H19N5O/c1-10-4-11-6-18-20(14(11)17-5-10)8-13(21)19-7-12-2-3-15(12,16)9-19/h4-6,12H,2-3,7-9,16H2,1H3/t12-,15-/m0/s1. The zero-order valence-electron chi connectivity index (χ0n) is 12.1. The van der Waals surface area contributed by atoms with Crippen LogP contribution in [0, 0.1) is 12.8 Å². The zero-order chi connectivity index (χ0) is 14.6. The first kappa shape index (κ1) is 12.8. The smallest absolute Gasteiger partial charge is 0.244 e. The summed E-state index contributed by atoms with van der Waals surface area (Å²) < 4.78 is 1.68. The summed E-state index contributed by atoms with van der Waals surface area (Å²) in [6.45, 7) is 3.71. The highest BCUT2D eigenvalue weighted by Gasteiger charge is 2.51. The average Bonchev–Trinajstić information content (AvgIpc) is 2.93. The van der Waals surface area contributed by atoms with Crippen LogP contribution in [-0.2, 0) is 11.3 Å². The van der Waals surface area contributed by atoms with Crippen LogP contribution in [0.5, 0.6) is 0 Å². The highest BCUT2D eigenvalue weighted by Crippen LogP contribution is 2.42. The quantitative estimate of drug-likeness (QED) is 0.880. The Labute approximate surface area is 122 Å². The molecule has 0 bridgehead atoms. The van der Waals surface area contributed by atoms with Crippen molar-refractivity contribution in [2.45, 2.75) is 31.8 Å². The Morgan fingerprint density at radius 3 is 3.05 bits per heavy atom. The molecule has 1 saturated carbocycles. The number of fused-ring (bicyclic) bond motifs is 2. The fourth-order valence-corrected chi connectivity index (χ4v) is 3.50. The summed E-state index contributed by atoms with van der Waals surface area (Å²) in [6.07, 6.45) is 5.75. The van der Waals surface area contributed by atoms with Crippen LogP contribution in [0.2, 0.25) is 0 Å². The van der Waals surface area contributed by atoms with E-state index in [-0.39, 0.29) is 18.0 Å². The highest BCUT2D eigenvalue weighted by atomic mass is 16.2. The van der Waals surface area contributed by atoms with Crippen LogP contribution >= 0.6 is 0 Å². The molecule has 1 aliphatic heterocycles. The third kappa shape index (κ3) is 1.93. The molecular weight excluding hydrogens is 266 g/mol.